The molecule has 0 saturated carbocycles. The van der Waals surface area contributed by atoms with Crippen LogP contribution in [0.1, 0.15) is 37.3 Å². The second-order valence-corrected chi connectivity index (χ2v) is 7.26. The third-order valence-electron chi connectivity index (χ3n) is 5.45. The van der Waals surface area contributed by atoms with Crippen LogP contribution in [0.2, 0.25) is 0 Å². The lowest BCUT2D eigenvalue weighted by Gasteiger charge is -2.34. The molecule has 1 amide bonds. The standard InChI is InChI=1S/C25H25NO4/c1-3-29-19-12-9-18(10-13-19)21-15-23(27)26(16-24(28)30-4-2)22-14-11-17-7-5-6-8-20(17)25(21)22/h5-14,21H,3-4,15-16H2,1-2H3. The van der Waals surface area contributed by atoms with Crippen LogP contribution in [0.15, 0.2) is 60.7 Å². The van der Waals surface area contributed by atoms with Crippen molar-refractivity contribution in [3.05, 3.63) is 71.8 Å². The number of nitrogens with zero attached hydrogens (tertiary/aromatic N) is 1. The first-order valence-corrected chi connectivity index (χ1v) is 10.3. The quantitative estimate of drug-likeness (QED) is 0.561. The first-order chi connectivity index (χ1) is 14.6. The minimum atomic E-state index is -0.399. The van der Waals surface area contributed by atoms with Gasteiger partial charge in [-0.15, -0.1) is 0 Å². The summed E-state index contributed by atoms with van der Waals surface area (Å²) in [4.78, 5) is 26.8. The summed E-state index contributed by atoms with van der Waals surface area (Å²) < 4.78 is 10.7. The second-order valence-electron chi connectivity index (χ2n) is 7.26. The normalized spacial score (nSPS) is 15.7. The monoisotopic (exact) mass is 403 g/mol. The van der Waals surface area contributed by atoms with Crippen LogP contribution < -0.4 is 9.64 Å². The Bertz CT molecular complexity index is 1070. The molecule has 0 spiro atoms. The van der Waals surface area contributed by atoms with Crippen LogP contribution in [0.5, 0.6) is 5.75 Å². The van der Waals surface area contributed by atoms with E-state index >= 15 is 0 Å². The Morgan fingerprint density at radius 3 is 2.50 bits per heavy atom. The Hall–Kier alpha value is -3.34. The van der Waals surface area contributed by atoms with Crippen molar-refractivity contribution in [2.75, 3.05) is 24.7 Å². The molecule has 0 aromatic heterocycles. The Kier molecular flexibility index (Phi) is 5.70. The molecule has 0 aliphatic carbocycles. The molecule has 3 aromatic carbocycles. The van der Waals surface area contributed by atoms with E-state index in [4.69, 9.17) is 9.47 Å². The molecule has 30 heavy (non-hydrogen) atoms. The fourth-order valence-electron chi connectivity index (χ4n) is 4.16. The van der Waals surface area contributed by atoms with E-state index in [0.717, 1.165) is 33.3 Å². The number of benzene rings is 3. The van der Waals surface area contributed by atoms with Gasteiger partial charge in [-0.25, -0.2) is 0 Å². The zero-order valence-electron chi connectivity index (χ0n) is 17.3. The van der Waals surface area contributed by atoms with Crippen molar-refractivity contribution in [1.82, 2.24) is 0 Å². The zero-order chi connectivity index (χ0) is 21.1. The number of rotatable bonds is 6. The molecule has 3 aromatic rings. The predicted molar refractivity (Wildman–Crippen MR) is 117 cm³/mol. The van der Waals surface area contributed by atoms with Gasteiger partial charge in [0.2, 0.25) is 5.91 Å². The van der Waals surface area contributed by atoms with Crippen LogP contribution in [-0.4, -0.2) is 31.6 Å². The van der Waals surface area contributed by atoms with Crippen molar-refractivity contribution in [1.29, 1.82) is 0 Å². The number of carbonyl (C=O) groups is 2. The lowest BCUT2D eigenvalue weighted by molar-refractivity contribution is -0.142. The van der Waals surface area contributed by atoms with Crippen molar-refractivity contribution in [3.63, 3.8) is 0 Å². The van der Waals surface area contributed by atoms with E-state index in [1.807, 2.05) is 55.5 Å². The van der Waals surface area contributed by atoms with Crippen LogP contribution in [0.3, 0.4) is 0 Å². The molecule has 1 atom stereocenters. The number of anilines is 1. The molecule has 0 fully saturated rings. The Balaban J connectivity index is 1.82. The highest BCUT2D eigenvalue weighted by Crippen LogP contribution is 2.44. The van der Waals surface area contributed by atoms with E-state index < -0.39 is 5.97 Å². The molecule has 4 rings (SSSR count). The zero-order valence-corrected chi connectivity index (χ0v) is 17.3. The number of hydrogen-bond acceptors (Lipinski definition) is 4. The van der Waals surface area contributed by atoms with Crippen LogP contribution in [0.4, 0.5) is 5.69 Å². The van der Waals surface area contributed by atoms with Gasteiger partial charge in [0.1, 0.15) is 12.3 Å². The highest BCUT2D eigenvalue weighted by molar-refractivity contribution is 6.05. The van der Waals surface area contributed by atoms with E-state index in [9.17, 15) is 9.59 Å². The van der Waals surface area contributed by atoms with Crippen molar-refractivity contribution in [2.45, 2.75) is 26.2 Å². The summed E-state index contributed by atoms with van der Waals surface area (Å²) in [6, 6.07) is 20.0. The molecule has 1 heterocycles. The van der Waals surface area contributed by atoms with Gasteiger partial charge >= 0.3 is 5.97 Å². The Labute approximate surface area is 176 Å². The van der Waals surface area contributed by atoms with Gasteiger partial charge in [-0.05, 0) is 53.9 Å². The maximum Gasteiger partial charge on any atom is 0.326 e. The second kappa shape index (κ2) is 8.57. The molecule has 1 aliphatic rings. The number of carbonyl (C=O) groups excluding carboxylic acids is 2. The van der Waals surface area contributed by atoms with E-state index in [1.165, 1.54) is 0 Å². The molecular formula is C25H25NO4. The average molecular weight is 403 g/mol. The van der Waals surface area contributed by atoms with Gasteiger partial charge in [0.15, 0.2) is 0 Å². The summed E-state index contributed by atoms with van der Waals surface area (Å²) in [5.41, 5.74) is 2.90. The first-order valence-electron chi connectivity index (χ1n) is 10.3. The van der Waals surface area contributed by atoms with Gasteiger partial charge in [0.05, 0.1) is 13.2 Å². The third-order valence-corrected chi connectivity index (χ3v) is 5.45. The van der Waals surface area contributed by atoms with E-state index in [0.29, 0.717) is 19.6 Å². The van der Waals surface area contributed by atoms with Gasteiger partial charge in [-0.2, -0.15) is 0 Å². The molecule has 5 heteroatoms. The minimum Gasteiger partial charge on any atom is -0.494 e. The van der Waals surface area contributed by atoms with Gasteiger partial charge in [0, 0.05) is 18.0 Å². The number of fused-ring (bicyclic) bond motifs is 3. The summed E-state index contributed by atoms with van der Waals surface area (Å²) in [5.74, 6) is 0.243. The molecule has 0 N–H and O–H groups in total. The van der Waals surface area contributed by atoms with Crippen molar-refractivity contribution in [2.24, 2.45) is 0 Å². The lowest BCUT2D eigenvalue weighted by Crippen LogP contribution is -2.41. The van der Waals surface area contributed by atoms with Crippen molar-refractivity contribution >= 4 is 28.3 Å². The van der Waals surface area contributed by atoms with E-state index in [-0.39, 0.29) is 18.4 Å². The Morgan fingerprint density at radius 2 is 1.77 bits per heavy atom. The first kappa shape index (κ1) is 20.0. The maximum atomic E-state index is 13.1. The molecule has 5 nitrogen and oxygen atoms in total. The van der Waals surface area contributed by atoms with Crippen LogP contribution in [0, 0.1) is 0 Å². The summed E-state index contributed by atoms with van der Waals surface area (Å²) in [5, 5.41) is 2.20. The number of esters is 1. The minimum absolute atomic E-state index is 0.0754. The predicted octanol–water partition coefficient (Wildman–Crippen LogP) is 4.67. The Morgan fingerprint density at radius 1 is 1.00 bits per heavy atom. The molecule has 1 unspecified atom stereocenters. The summed E-state index contributed by atoms with van der Waals surface area (Å²) in [6.07, 6.45) is 0.300. The van der Waals surface area contributed by atoms with E-state index in [1.54, 1.807) is 11.8 Å². The fourth-order valence-corrected chi connectivity index (χ4v) is 4.16. The average Bonchev–Trinajstić information content (AvgIpc) is 2.76. The molecule has 1 aliphatic heterocycles. The summed E-state index contributed by atoms with van der Waals surface area (Å²) in [6.45, 7) is 4.54. The van der Waals surface area contributed by atoms with Crippen LogP contribution in [-0.2, 0) is 14.3 Å². The number of ether oxygens (including phenoxy) is 2. The largest absolute Gasteiger partial charge is 0.494 e. The van der Waals surface area contributed by atoms with E-state index in [2.05, 4.69) is 12.1 Å². The summed E-state index contributed by atoms with van der Waals surface area (Å²) in [7, 11) is 0. The van der Waals surface area contributed by atoms with Gasteiger partial charge in [-0.3, -0.25) is 9.59 Å². The van der Waals surface area contributed by atoms with Crippen LogP contribution >= 0.6 is 0 Å². The molecule has 0 radical (unpaired) electrons. The smallest absolute Gasteiger partial charge is 0.326 e. The van der Waals surface area contributed by atoms with Gasteiger partial charge < -0.3 is 14.4 Å². The van der Waals surface area contributed by atoms with Crippen molar-refractivity contribution < 1.29 is 19.1 Å². The highest BCUT2D eigenvalue weighted by Gasteiger charge is 2.34. The summed E-state index contributed by atoms with van der Waals surface area (Å²) >= 11 is 0. The molecule has 0 bridgehead atoms. The number of hydrogen-bond donors (Lipinski definition) is 0. The SMILES string of the molecule is CCOC(=O)CN1C(=O)CC(c2ccc(OCC)cc2)c2c1ccc1ccccc21. The fraction of sp³-hybridized carbons (Fsp3) is 0.280. The highest BCUT2D eigenvalue weighted by atomic mass is 16.5. The molecule has 0 saturated heterocycles. The number of amides is 1. The maximum absolute atomic E-state index is 13.1. The molecular weight excluding hydrogens is 378 g/mol. The topological polar surface area (TPSA) is 55.8 Å². The van der Waals surface area contributed by atoms with Crippen LogP contribution in [0.25, 0.3) is 10.8 Å². The molecule has 154 valence electrons. The third kappa shape index (κ3) is 3.75. The lowest BCUT2D eigenvalue weighted by atomic mass is 9.81. The van der Waals surface area contributed by atoms with Gasteiger partial charge in [-0.1, -0.05) is 42.5 Å². The van der Waals surface area contributed by atoms with Crippen molar-refractivity contribution in [3.8, 4) is 5.75 Å². The van der Waals surface area contributed by atoms with Gasteiger partial charge in [0.25, 0.3) is 0 Å².